The Bertz CT molecular complexity index is 1030. The van der Waals surface area contributed by atoms with E-state index in [0.29, 0.717) is 22.0 Å². The number of alkyl halides is 3. The molecule has 30 heavy (non-hydrogen) atoms. The van der Waals surface area contributed by atoms with E-state index in [-0.39, 0.29) is 11.5 Å². The highest BCUT2D eigenvalue weighted by Crippen LogP contribution is 2.36. The molecule has 1 heterocycles. The van der Waals surface area contributed by atoms with E-state index in [1.165, 1.54) is 36.8 Å². The lowest BCUT2D eigenvalue weighted by Gasteiger charge is -2.15. The highest BCUT2D eigenvalue weighted by molar-refractivity contribution is 7.14. The number of carbonyl (C=O) groups is 1. The Balaban J connectivity index is 1.89. The predicted octanol–water partition coefficient (Wildman–Crippen LogP) is 5.51. The first-order valence-corrected chi connectivity index (χ1v) is 10.4. The summed E-state index contributed by atoms with van der Waals surface area (Å²) in [6.07, 6.45) is -2.98. The average Bonchev–Trinajstić information content (AvgIpc) is 3.17. The van der Waals surface area contributed by atoms with Crippen molar-refractivity contribution in [1.82, 2.24) is 15.5 Å². The second-order valence-corrected chi connectivity index (χ2v) is 8.11. The molecule has 1 unspecified atom stereocenters. The molecule has 0 saturated heterocycles. The third kappa shape index (κ3) is 5.24. The van der Waals surface area contributed by atoms with Crippen molar-refractivity contribution < 1.29 is 18.0 Å². The lowest BCUT2D eigenvalue weighted by atomic mass is 10.0. The first-order chi connectivity index (χ1) is 14.2. The molecule has 1 aromatic heterocycles. The largest absolute Gasteiger partial charge is 0.416 e. The summed E-state index contributed by atoms with van der Waals surface area (Å²) in [6, 6.07) is 11.8. The van der Waals surface area contributed by atoms with Gasteiger partial charge in [0.2, 0.25) is 5.91 Å². The predicted molar refractivity (Wildman–Crippen MR) is 111 cm³/mol. The van der Waals surface area contributed by atoms with E-state index in [9.17, 15) is 18.0 Å². The van der Waals surface area contributed by atoms with Crippen LogP contribution in [-0.4, -0.2) is 16.1 Å². The van der Waals surface area contributed by atoms with Crippen LogP contribution in [0.3, 0.4) is 0 Å². The van der Waals surface area contributed by atoms with E-state index in [1.54, 1.807) is 6.07 Å². The Labute approximate surface area is 177 Å². The maximum atomic E-state index is 13.2. The van der Waals surface area contributed by atoms with E-state index < -0.39 is 17.8 Å². The summed E-state index contributed by atoms with van der Waals surface area (Å²) in [5.74, 6) is -0.211. The quantitative estimate of drug-likeness (QED) is 0.557. The van der Waals surface area contributed by atoms with E-state index in [4.69, 9.17) is 0 Å². The van der Waals surface area contributed by atoms with Gasteiger partial charge in [-0.15, -0.1) is 10.2 Å². The summed E-state index contributed by atoms with van der Waals surface area (Å²) in [5.41, 5.74) is 2.06. The smallest absolute Gasteiger partial charge is 0.347 e. The zero-order valence-corrected chi connectivity index (χ0v) is 17.7. The number of carbonyl (C=O) groups excluding carboxylic acids is 1. The van der Waals surface area contributed by atoms with Crippen molar-refractivity contribution in [2.24, 2.45) is 0 Å². The topological polar surface area (TPSA) is 54.9 Å². The zero-order chi connectivity index (χ0) is 21.9. The minimum atomic E-state index is -4.43. The van der Waals surface area contributed by atoms with Gasteiger partial charge in [0.05, 0.1) is 11.6 Å². The fourth-order valence-corrected chi connectivity index (χ4v) is 4.04. The lowest BCUT2D eigenvalue weighted by molar-refractivity contribution is -0.138. The Kier molecular flexibility index (Phi) is 6.55. The molecule has 0 saturated carbocycles. The molecule has 1 N–H and O–H groups in total. The van der Waals surface area contributed by atoms with Crippen LogP contribution in [0.25, 0.3) is 10.6 Å². The maximum Gasteiger partial charge on any atom is 0.416 e. The molecular weight excluding hydrogens is 411 g/mol. The number of aromatic nitrogens is 2. The van der Waals surface area contributed by atoms with Gasteiger partial charge in [0.25, 0.3) is 0 Å². The van der Waals surface area contributed by atoms with Crippen LogP contribution in [0.1, 0.15) is 47.2 Å². The van der Waals surface area contributed by atoms with Crippen LogP contribution >= 0.6 is 11.3 Å². The van der Waals surface area contributed by atoms with Crippen LogP contribution in [-0.2, 0) is 23.8 Å². The number of aryl methyl sites for hydroxylation is 2. The number of nitrogens with one attached hydrogen (secondary N) is 1. The van der Waals surface area contributed by atoms with Crippen LogP contribution in [0.15, 0.2) is 42.5 Å². The van der Waals surface area contributed by atoms with Gasteiger partial charge in [-0.1, -0.05) is 54.7 Å². The molecule has 3 rings (SSSR count). The molecular formula is C22H22F3N3OS. The SMILES string of the molecule is CCc1ccc(CC(NC(C)=O)c2nnc(-c3ccc(C)c(C(F)(F)F)c3)s2)cc1. The summed E-state index contributed by atoms with van der Waals surface area (Å²) >= 11 is 1.18. The number of hydrogen-bond donors (Lipinski definition) is 1. The van der Waals surface area contributed by atoms with Crippen molar-refractivity contribution in [3.8, 4) is 10.6 Å². The van der Waals surface area contributed by atoms with Gasteiger partial charge in [-0.05, 0) is 42.5 Å². The van der Waals surface area contributed by atoms with Gasteiger partial charge in [-0.2, -0.15) is 13.2 Å². The number of amides is 1. The fraction of sp³-hybridized carbons (Fsp3) is 0.318. The number of hydrogen-bond acceptors (Lipinski definition) is 4. The second kappa shape index (κ2) is 8.95. The van der Waals surface area contributed by atoms with Crippen molar-refractivity contribution in [2.75, 3.05) is 0 Å². The third-order valence-electron chi connectivity index (χ3n) is 4.78. The van der Waals surface area contributed by atoms with Crippen LogP contribution in [0.5, 0.6) is 0 Å². The van der Waals surface area contributed by atoms with Crippen LogP contribution in [0, 0.1) is 6.92 Å². The Morgan fingerprint density at radius 3 is 2.37 bits per heavy atom. The van der Waals surface area contributed by atoms with Crippen molar-refractivity contribution in [2.45, 2.75) is 45.8 Å². The Morgan fingerprint density at radius 1 is 1.10 bits per heavy atom. The van der Waals surface area contributed by atoms with Crippen LogP contribution in [0.2, 0.25) is 0 Å². The molecule has 8 heteroatoms. The molecule has 0 aliphatic heterocycles. The Morgan fingerprint density at radius 2 is 1.77 bits per heavy atom. The molecule has 3 aromatic rings. The highest BCUT2D eigenvalue weighted by atomic mass is 32.1. The number of nitrogens with zero attached hydrogens (tertiary/aromatic N) is 2. The van der Waals surface area contributed by atoms with Crippen molar-refractivity contribution in [3.63, 3.8) is 0 Å². The summed E-state index contributed by atoms with van der Waals surface area (Å²) < 4.78 is 39.7. The molecule has 0 spiro atoms. The van der Waals surface area contributed by atoms with Gasteiger partial charge in [-0.3, -0.25) is 4.79 Å². The zero-order valence-electron chi connectivity index (χ0n) is 16.9. The average molecular weight is 433 g/mol. The highest BCUT2D eigenvalue weighted by Gasteiger charge is 2.33. The Hall–Kier alpha value is -2.74. The molecule has 0 fully saturated rings. The number of rotatable bonds is 6. The summed E-state index contributed by atoms with van der Waals surface area (Å²) in [4.78, 5) is 11.7. The van der Waals surface area contributed by atoms with Gasteiger partial charge in [0, 0.05) is 12.5 Å². The van der Waals surface area contributed by atoms with Gasteiger partial charge in [0.1, 0.15) is 10.0 Å². The summed E-state index contributed by atoms with van der Waals surface area (Å²) in [6.45, 7) is 4.92. The van der Waals surface area contributed by atoms with Gasteiger partial charge in [-0.25, -0.2) is 0 Å². The summed E-state index contributed by atoms with van der Waals surface area (Å²) in [7, 11) is 0. The molecule has 2 aromatic carbocycles. The van der Waals surface area contributed by atoms with Crippen LogP contribution < -0.4 is 5.32 Å². The fourth-order valence-electron chi connectivity index (χ4n) is 3.14. The van der Waals surface area contributed by atoms with E-state index >= 15 is 0 Å². The van der Waals surface area contributed by atoms with Gasteiger partial charge < -0.3 is 5.32 Å². The number of benzene rings is 2. The first-order valence-electron chi connectivity index (χ1n) is 9.54. The minimum Gasteiger partial charge on any atom is -0.347 e. The van der Waals surface area contributed by atoms with Crippen molar-refractivity contribution >= 4 is 17.2 Å². The second-order valence-electron chi connectivity index (χ2n) is 7.10. The van der Waals surface area contributed by atoms with E-state index in [1.807, 2.05) is 24.3 Å². The first kappa shape index (κ1) is 22.0. The molecule has 4 nitrogen and oxygen atoms in total. The third-order valence-corrected chi connectivity index (χ3v) is 5.86. The van der Waals surface area contributed by atoms with Crippen LogP contribution in [0.4, 0.5) is 13.2 Å². The molecule has 1 amide bonds. The standard InChI is InChI=1S/C22H22F3N3OS/c1-4-15-6-8-16(9-7-15)11-19(26-14(3)29)21-28-27-20(30-21)17-10-5-13(2)18(12-17)22(23,24)25/h5-10,12,19H,4,11H2,1-3H3,(H,26,29). The van der Waals surface area contributed by atoms with Crippen molar-refractivity contribution in [1.29, 1.82) is 0 Å². The van der Waals surface area contributed by atoms with Gasteiger partial charge >= 0.3 is 6.18 Å². The molecule has 0 radical (unpaired) electrons. The van der Waals surface area contributed by atoms with E-state index in [2.05, 4.69) is 22.4 Å². The molecule has 158 valence electrons. The van der Waals surface area contributed by atoms with Crippen molar-refractivity contribution in [3.05, 3.63) is 69.7 Å². The van der Waals surface area contributed by atoms with E-state index in [0.717, 1.165) is 18.1 Å². The summed E-state index contributed by atoms with van der Waals surface area (Å²) in [5, 5.41) is 12.1. The molecule has 0 bridgehead atoms. The lowest BCUT2D eigenvalue weighted by Crippen LogP contribution is -2.27. The molecule has 1 atom stereocenters. The normalized spacial score (nSPS) is 12.6. The monoisotopic (exact) mass is 433 g/mol. The molecule has 0 aliphatic carbocycles. The maximum absolute atomic E-state index is 13.2. The number of halogens is 3. The van der Waals surface area contributed by atoms with Gasteiger partial charge in [0.15, 0.2) is 0 Å². The molecule has 0 aliphatic rings. The minimum absolute atomic E-state index is 0.155.